The number of methoxy groups -OCH3 is 2. The number of nitrogens with zero attached hydrogens (tertiary/aromatic N) is 2. The van der Waals surface area contributed by atoms with Gasteiger partial charge in [0, 0.05) is 22.0 Å². The zero-order valence-corrected chi connectivity index (χ0v) is 17.4. The van der Waals surface area contributed by atoms with E-state index in [1.165, 1.54) is 7.11 Å². The minimum absolute atomic E-state index is 0.344. The zero-order chi connectivity index (χ0) is 21.0. The summed E-state index contributed by atoms with van der Waals surface area (Å²) in [4.78, 5) is 12.4. The standard InChI is InChI=1S/C22H22ClN3O3/c1-14-11-16(13-24-25-22(27)18-7-5-6-8-20(18)28-3)15(2)26(14)19-12-17(23)9-10-21(19)29-4/h5-13H,1-4H3,(H,25,27)/b24-13-. The number of halogens is 1. The number of ether oxygens (including phenoxy) is 2. The van der Waals surface area contributed by atoms with Crippen molar-refractivity contribution in [2.24, 2.45) is 5.10 Å². The summed E-state index contributed by atoms with van der Waals surface area (Å²) in [5, 5.41) is 4.73. The summed E-state index contributed by atoms with van der Waals surface area (Å²) in [5.74, 6) is 0.861. The number of carbonyl (C=O) groups excluding carboxylic acids is 1. The molecule has 29 heavy (non-hydrogen) atoms. The van der Waals surface area contributed by atoms with E-state index in [9.17, 15) is 4.79 Å². The summed E-state index contributed by atoms with van der Waals surface area (Å²) in [6.45, 7) is 3.95. The van der Waals surface area contributed by atoms with Gasteiger partial charge in [-0.2, -0.15) is 5.10 Å². The molecule has 0 spiro atoms. The number of benzene rings is 2. The Kier molecular flexibility index (Phi) is 6.24. The van der Waals surface area contributed by atoms with Crippen LogP contribution in [0.2, 0.25) is 5.02 Å². The van der Waals surface area contributed by atoms with Crippen molar-refractivity contribution >= 4 is 23.7 Å². The first kappa shape index (κ1) is 20.5. The van der Waals surface area contributed by atoms with Gasteiger partial charge in [-0.25, -0.2) is 5.43 Å². The second kappa shape index (κ2) is 8.84. The number of nitrogens with one attached hydrogen (secondary N) is 1. The zero-order valence-electron chi connectivity index (χ0n) is 16.7. The van der Waals surface area contributed by atoms with Crippen LogP contribution in [0.25, 0.3) is 5.69 Å². The monoisotopic (exact) mass is 411 g/mol. The number of hydrogen-bond acceptors (Lipinski definition) is 4. The fourth-order valence-electron chi connectivity index (χ4n) is 3.18. The van der Waals surface area contributed by atoms with E-state index in [4.69, 9.17) is 21.1 Å². The number of aryl methyl sites for hydroxylation is 1. The highest BCUT2D eigenvalue weighted by molar-refractivity contribution is 6.30. The van der Waals surface area contributed by atoms with Crippen molar-refractivity contribution in [3.8, 4) is 17.2 Å². The number of hydrogen-bond donors (Lipinski definition) is 1. The van der Waals surface area contributed by atoms with Gasteiger partial charge in [0.05, 0.1) is 31.7 Å². The predicted molar refractivity (Wildman–Crippen MR) is 115 cm³/mol. The minimum Gasteiger partial charge on any atom is -0.496 e. The second-order valence-electron chi connectivity index (χ2n) is 6.38. The van der Waals surface area contributed by atoms with Crippen LogP contribution in [0.5, 0.6) is 11.5 Å². The van der Waals surface area contributed by atoms with Gasteiger partial charge in [0.1, 0.15) is 11.5 Å². The maximum absolute atomic E-state index is 12.4. The molecule has 3 aromatic rings. The van der Waals surface area contributed by atoms with Crippen LogP contribution in [-0.4, -0.2) is 30.9 Å². The first-order valence-corrected chi connectivity index (χ1v) is 9.33. The van der Waals surface area contributed by atoms with Crippen LogP contribution in [0, 0.1) is 13.8 Å². The topological polar surface area (TPSA) is 64.8 Å². The quantitative estimate of drug-likeness (QED) is 0.478. The summed E-state index contributed by atoms with van der Waals surface area (Å²) in [6.07, 6.45) is 1.61. The summed E-state index contributed by atoms with van der Waals surface area (Å²) < 4.78 is 12.7. The number of aromatic nitrogens is 1. The maximum Gasteiger partial charge on any atom is 0.275 e. The molecular weight excluding hydrogens is 390 g/mol. The number of rotatable bonds is 6. The van der Waals surface area contributed by atoms with E-state index in [0.717, 1.165) is 22.6 Å². The largest absolute Gasteiger partial charge is 0.496 e. The molecule has 0 aliphatic heterocycles. The van der Waals surface area contributed by atoms with Crippen molar-refractivity contribution in [3.63, 3.8) is 0 Å². The fourth-order valence-corrected chi connectivity index (χ4v) is 3.35. The lowest BCUT2D eigenvalue weighted by Gasteiger charge is -2.14. The molecular formula is C22H22ClN3O3. The van der Waals surface area contributed by atoms with E-state index < -0.39 is 0 Å². The molecule has 1 amide bonds. The van der Waals surface area contributed by atoms with E-state index in [2.05, 4.69) is 10.5 Å². The van der Waals surface area contributed by atoms with E-state index in [0.29, 0.717) is 22.1 Å². The van der Waals surface area contributed by atoms with Crippen molar-refractivity contribution < 1.29 is 14.3 Å². The molecule has 0 fully saturated rings. The van der Waals surface area contributed by atoms with Crippen molar-refractivity contribution in [3.05, 3.63) is 76.1 Å². The van der Waals surface area contributed by atoms with Gasteiger partial charge < -0.3 is 14.0 Å². The minimum atomic E-state index is -0.344. The number of hydrazone groups is 1. The summed E-state index contributed by atoms with van der Waals surface area (Å²) in [6, 6.07) is 14.4. The Bertz CT molecular complexity index is 1070. The van der Waals surface area contributed by atoms with Crippen molar-refractivity contribution in [2.45, 2.75) is 13.8 Å². The molecule has 0 bridgehead atoms. The Hall–Kier alpha value is -3.25. The smallest absolute Gasteiger partial charge is 0.275 e. The lowest BCUT2D eigenvalue weighted by Crippen LogP contribution is -2.18. The molecule has 7 heteroatoms. The molecule has 0 saturated carbocycles. The Morgan fingerprint density at radius 1 is 1.07 bits per heavy atom. The first-order valence-electron chi connectivity index (χ1n) is 8.95. The Labute approximate surface area is 174 Å². The molecule has 0 aliphatic rings. The molecule has 1 aromatic heterocycles. The lowest BCUT2D eigenvalue weighted by molar-refractivity contribution is 0.0952. The highest BCUT2D eigenvalue weighted by atomic mass is 35.5. The molecule has 0 aliphatic carbocycles. The molecule has 2 aromatic carbocycles. The normalized spacial score (nSPS) is 10.9. The van der Waals surface area contributed by atoms with Crippen molar-refractivity contribution in [1.29, 1.82) is 0 Å². The first-order chi connectivity index (χ1) is 14.0. The number of carbonyl (C=O) groups is 1. The molecule has 6 nitrogen and oxygen atoms in total. The Morgan fingerprint density at radius 3 is 2.52 bits per heavy atom. The van der Waals surface area contributed by atoms with Gasteiger partial charge in [-0.3, -0.25) is 4.79 Å². The van der Waals surface area contributed by atoms with Crippen LogP contribution in [0.4, 0.5) is 0 Å². The van der Waals surface area contributed by atoms with Gasteiger partial charge in [-0.05, 0) is 50.2 Å². The van der Waals surface area contributed by atoms with Gasteiger partial charge in [-0.15, -0.1) is 0 Å². The number of amides is 1. The third-order valence-electron chi connectivity index (χ3n) is 4.57. The average molecular weight is 412 g/mol. The molecule has 150 valence electrons. The van der Waals surface area contributed by atoms with E-state index in [-0.39, 0.29) is 5.91 Å². The molecule has 0 saturated heterocycles. The van der Waals surface area contributed by atoms with Crippen LogP contribution >= 0.6 is 11.6 Å². The molecule has 0 unspecified atom stereocenters. The highest BCUT2D eigenvalue weighted by Crippen LogP contribution is 2.30. The van der Waals surface area contributed by atoms with Gasteiger partial charge in [-0.1, -0.05) is 23.7 Å². The predicted octanol–water partition coefficient (Wildman–Crippen LogP) is 4.53. The van der Waals surface area contributed by atoms with E-state index in [1.54, 1.807) is 43.7 Å². The molecule has 0 radical (unpaired) electrons. The van der Waals surface area contributed by atoms with Gasteiger partial charge >= 0.3 is 0 Å². The average Bonchev–Trinajstić information content (AvgIpc) is 3.00. The van der Waals surface area contributed by atoms with Crippen LogP contribution in [0.3, 0.4) is 0 Å². The van der Waals surface area contributed by atoms with Crippen LogP contribution in [0.1, 0.15) is 27.3 Å². The third-order valence-corrected chi connectivity index (χ3v) is 4.81. The van der Waals surface area contributed by atoms with Crippen molar-refractivity contribution in [1.82, 2.24) is 9.99 Å². The van der Waals surface area contributed by atoms with Gasteiger partial charge in [0.25, 0.3) is 5.91 Å². The maximum atomic E-state index is 12.4. The summed E-state index contributed by atoms with van der Waals surface area (Å²) >= 11 is 6.18. The van der Waals surface area contributed by atoms with Crippen molar-refractivity contribution in [2.75, 3.05) is 14.2 Å². The molecule has 1 N–H and O–H groups in total. The second-order valence-corrected chi connectivity index (χ2v) is 6.81. The lowest BCUT2D eigenvalue weighted by atomic mass is 10.2. The molecule has 3 rings (SSSR count). The summed E-state index contributed by atoms with van der Waals surface area (Å²) in [7, 11) is 3.14. The van der Waals surface area contributed by atoms with Crippen LogP contribution in [0.15, 0.2) is 53.6 Å². The highest BCUT2D eigenvalue weighted by Gasteiger charge is 2.14. The molecule has 1 heterocycles. The van der Waals surface area contributed by atoms with Crippen LogP contribution in [-0.2, 0) is 0 Å². The Morgan fingerprint density at radius 2 is 1.79 bits per heavy atom. The fraction of sp³-hybridized carbons (Fsp3) is 0.182. The van der Waals surface area contributed by atoms with Gasteiger partial charge in [0.2, 0.25) is 0 Å². The van der Waals surface area contributed by atoms with Gasteiger partial charge in [0.15, 0.2) is 0 Å². The third kappa shape index (κ3) is 4.27. The SMILES string of the molecule is COc1ccccc1C(=O)N/N=C\c1cc(C)n(-c2cc(Cl)ccc2OC)c1C. The van der Waals surface area contributed by atoms with E-state index in [1.807, 2.05) is 36.6 Å². The van der Waals surface area contributed by atoms with E-state index >= 15 is 0 Å². The van der Waals surface area contributed by atoms with Crippen LogP contribution < -0.4 is 14.9 Å². The number of para-hydroxylation sites is 1. The summed E-state index contributed by atoms with van der Waals surface area (Å²) in [5.41, 5.74) is 6.60. The Balaban J connectivity index is 1.86. The molecule has 0 atom stereocenters.